The Kier molecular flexibility index (Phi) is 3.03. The Morgan fingerprint density at radius 2 is 2.07 bits per heavy atom. The van der Waals surface area contributed by atoms with Crippen molar-refractivity contribution in [1.82, 2.24) is 15.5 Å². The van der Waals surface area contributed by atoms with Crippen LogP contribution in [0.1, 0.15) is 26.2 Å². The lowest BCUT2D eigenvalue weighted by Crippen LogP contribution is -2.50. The Balaban J connectivity index is 2.03. The van der Waals surface area contributed by atoms with Crippen LogP contribution in [0.3, 0.4) is 0 Å². The van der Waals surface area contributed by atoms with Crippen LogP contribution in [0.4, 0.5) is 0 Å². The summed E-state index contributed by atoms with van der Waals surface area (Å²) in [5, 5.41) is 6.61. The highest BCUT2D eigenvalue weighted by atomic mass is 16.2. The molecule has 2 aliphatic rings. The number of nitrogens with zero attached hydrogens (tertiary/aromatic N) is 1. The van der Waals surface area contributed by atoms with Crippen molar-refractivity contribution in [3.63, 3.8) is 0 Å². The predicted octanol–water partition coefficient (Wildman–Crippen LogP) is -0.0937. The molecular formula is C10H19N3O. The average molecular weight is 197 g/mol. The van der Waals surface area contributed by atoms with Gasteiger partial charge in [0.2, 0.25) is 5.91 Å². The van der Waals surface area contributed by atoms with Gasteiger partial charge >= 0.3 is 0 Å². The second kappa shape index (κ2) is 4.28. The number of amides is 1. The van der Waals surface area contributed by atoms with Gasteiger partial charge in [0, 0.05) is 6.54 Å². The number of hydrogen-bond acceptors (Lipinski definition) is 3. The standard InChI is InChI=1S/C10H19N3O/c1-8-10(14)13(7-3-6-11-8)9-4-2-5-12-9/h8-9,11-12H,2-7H2,1H3. The molecule has 1 amide bonds. The van der Waals surface area contributed by atoms with E-state index in [0.717, 1.165) is 32.5 Å². The van der Waals surface area contributed by atoms with E-state index in [1.807, 2.05) is 11.8 Å². The van der Waals surface area contributed by atoms with Gasteiger partial charge in [-0.25, -0.2) is 0 Å². The van der Waals surface area contributed by atoms with Crippen molar-refractivity contribution in [2.75, 3.05) is 19.6 Å². The maximum Gasteiger partial charge on any atom is 0.240 e. The molecule has 0 aromatic carbocycles. The Bertz CT molecular complexity index is 213. The van der Waals surface area contributed by atoms with Crippen LogP contribution in [0.25, 0.3) is 0 Å². The number of carbonyl (C=O) groups is 1. The smallest absolute Gasteiger partial charge is 0.240 e. The molecular weight excluding hydrogens is 178 g/mol. The molecule has 0 radical (unpaired) electrons. The normalized spacial score (nSPS) is 34.6. The molecule has 4 nitrogen and oxygen atoms in total. The van der Waals surface area contributed by atoms with Crippen molar-refractivity contribution in [2.45, 2.75) is 38.4 Å². The molecule has 2 heterocycles. The van der Waals surface area contributed by atoms with Gasteiger partial charge in [0.15, 0.2) is 0 Å². The van der Waals surface area contributed by atoms with E-state index in [1.54, 1.807) is 0 Å². The molecule has 80 valence electrons. The zero-order valence-electron chi connectivity index (χ0n) is 8.75. The van der Waals surface area contributed by atoms with Crippen molar-refractivity contribution in [2.24, 2.45) is 0 Å². The highest BCUT2D eigenvalue weighted by Gasteiger charge is 2.30. The first kappa shape index (κ1) is 9.93. The molecule has 2 atom stereocenters. The lowest BCUT2D eigenvalue weighted by molar-refractivity contribution is -0.134. The van der Waals surface area contributed by atoms with Crippen LogP contribution in [0.2, 0.25) is 0 Å². The van der Waals surface area contributed by atoms with Crippen LogP contribution in [0, 0.1) is 0 Å². The summed E-state index contributed by atoms with van der Waals surface area (Å²) in [5.74, 6) is 0.252. The fraction of sp³-hybridized carbons (Fsp3) is 0.900. The van der Waals surface area contributed by atoms with E-state index in [2.05, 4.69) is 10.6 Å². The van der Waals surface area contributed by atoms with Crippen molar-refractivity contribution >= 4 is 5.91 Å². The third-order valence-corrected chi connectivity index (χ3v) is 3.09. The fourth-order valence-corrected chi connectivity index (χ4v) is 2.26. The molecule has 2 aliphatic heterocycles. The monoisotopic (exact) mass is 197 g/mol. The van der Waals surface area contributed by atoms with E-state index in [0.29, 0.717) is 6.17 Å². The van der Waals surface area contributed by atoms with Crippen LogP contribution in [0.15, 0.2) is 0 Å². The summed E-state index contributed by atoms with van der Waals surface area (Å²) in [5.41, 5.74) is 0. The summed E-state index contributed by atoms with van der Waals surface area (Å²) in [6.07, 6.45) is 3.66. The third kappa shape index (κ3) is 1.91. The van der Waals surface area contributed by atoms with Crippen LogP contribution in [0.5, 0.6) is 0 Å². The largest absolute Gasteiger partial charge is 0.326 e. The van der Waals surface area contributed by atoms with Gasteiger partial charge < -0.3 is 10.2 Å². The Labute approximate surface area is 85.0 Å². The van der Waals surface area contributed by atoms with E-state index < -0.39 is 0 Å². The van der Waals surface area contributed by atoms with Gasteiger partial charge in [0.25, 0.3) is 0 Å². The zero-order valence-corrected chi connectivity index (χ0v) is 8.75. The van der Waals surface area contributed by atoms with Crippen LogP contribution in [-0.2, 0) is 4.79 Å². The maximum atomic E-state index is 12.0. The minimum atomic E-state index is -0.0140. The summed E-state index contributed by atoms with van der Waals surface area (Å²) in [6, 6.07) is -0.0140. The molecule has 0 aromatic heterocycles. The summed E-state index contributed by atoms with van der Waals surface area (Å²) in [7, 11) is 0. The van der Waals surface area contributed by atoms with Gasteiger partial charge in [0.1, 0.15) is 0 Å². The Hall–Kier alpha value is -0.610. The fourth-order valence-electron chi connectivity index (χ4n) is 2.26. The SMILES string of the molecule is CC1NCCCN(C2CCCN2)C1=O. The van der Waals surface area contributed by atoms with E-state index in [9.17, 15) is 4.79 Å². The first-order chi connectivity index (χ1) is 6.79. The van der Waals surface area contributed by atoms with Crippen LogP contribution >= 0.6 is 0 Å². The molecule has 2 N–H and O–H groups in total. The first-order valence-electron chi connectivity index (χ1n) is 5.56. The predicted molar refractivity (Wildman–Crippen MR) is 54.8 cm³/mol. The number of nitrogens with one attached hydrogen (secondary N) is 2. The minimum absolute atomic E-state index is 0.0140. The van der Waals surface area contributed by atoms with E-state index in [-0.39, 0.29) is 11.9 Å². The van der Waals surface area contributed by atoms with Gasteiger partial charge in [-0.05, 0) is 39.3 Å². The molecule has 2 rings (SSSR count). The van der Waals surface area contributed by atoms with Gasteiger partial charge in [-0.15, -0.1) is 0 Å². The van der Waals surface area contributed by atoms with E-state index in [4.69, 9.17) is 0 Å². The van der Waals surface area contributed by atoms with Gasteiger partial charge in [-0.1, -0.05) is 0 Å². The summed E-state index contributed by atoms with van der Waals surface area (Å²) in [4.78, 5) is 14.0. The summed E-state index contributed by atoms with van der Waals surface area (Å²) >= 11 is 0. The molecule has 14 heavy (non-hydrogen) atoms. The van der Waals surface area contributed by atoms with Gasteiger partial charge in [-0.3, -0.25) is 10.1 Å². The highest BCUT2D eigenvalue weighted by Crippen LogP contribution is 2.13. The first-order valence-corrected chi connectivity index (χ1v) is 5.56. The Morgan fingerprint density at radius 1 is 1.29 bits per heavy atom. The Morgan fingerprint density at radius 3 is 2.79 bits per heavy atom. The zero-order chi connectivity index (χ0) is 9.97. The maximum absolute atomic E-state index is 12.0. The van der Waals surface area contributed by atoms with Crippen molar-refractivity contribution < 1.29 is 4.79 Å². The van der Waals surface area contributed by atoms with Crippen LogP contribution < -0.4 is 10.6 Å². The third-order valence-electron chi connectivity index (χ3n) is 3.09. The van der Waals surface area contributed by atoms with E-state index in [1.165, 1.54) is 6.42 Å². The average Bonchev–Trinajstić information content (AvgIpc) is 2.64. The van der Waals surface area contributed by atoms with Gasteiger partial charge in [-0.2, -0.15) is 0 Å². The highest BCUT2D eigenvalue weighted by molar-refractivity contribution is 5.82. The van der Waals surface area contributed by atoms with Gasteiger partial charge in [0.05, 0.1) is 12.2 Å². The summed E-state index contributed by atoms with van der Waals surface area (Å²) < 4.78 is 0. The van der Waals surface area contributed by atoms with Crippen molar-refractivity contribution in [3.05, 3.63) is 0 Å². The number of rotatable bonds is 1. The topological polar surface area (TPSA) is 44.4 Å². The van der Waals surface area contributed by atoms with Crippen molar-refractivity contribution in [1.29, 1.82) is 0 Å². The molecule has 0 saturated carbocycles. The van der Waals surface area contributed by atoms with E-state index >= 15 is 0 Å². The molecule has 0 bridgehead atoms. The van der Waals surface area contributed by atoms with Crippen molar-refractivity contribution in [3.8, 4) is 0 Å². The number of carbonyl (C=O) groups excluding carboxylic acids is 1. The molecule has 0 spiro atoms. The lowest BCUT2D eigenvalue weighted by atomic mass is 10.2. The quantitative estimate of drug-likeness (QED) is 0.617. The molecule has 4 heteroatoms. The molecule has 2 unspecified atom stereocenters. The molecule has 2 saturated heterocycles. The lowest BCUT2D eigenvalue weighted by Gasteiger charge is -2.29. The van der Waals surface area contributed by atoms with Crippen LogP contribution in [-0.4, -0.2) is 42.6 Å². The molecule has 2 fully saturated rings. The summed E-state index contributed by atoms with van der Waals surface area (Å²) in [6.45, 7) is 4.86. The minimum Gasteiger partial charge on any atom is -0.326 e. The number of hydrogen-bond donors (Lipinski definition) is 2. The molecule has 0 aromatic rings. The second-order valence-corrected chi connectivity index (χ2v) is 4.17. The molecule has 0 aliphatic carbocycles. The second-order valence-electron chi connectivity index (χ2n) is 4.17.